The Morgan fingerprint density at radius 2 is 2.00 bits per heavy atom. The first kappa shape index (κ1) is 17.9. The first-order chi connectivity index (χ1) is 12.2. The van der Waals surface area contributed by atoms with Crippen molar-refractivity contribution in [3.8, 4) is 0 Å². The predicted molar refractivity (Wildman–Crippen MR) is 101 cm³/mol. The molecule has 1 aromatic carbocycles. The van der Waals surface area contributed by atoms with Crippen molar-refractivity contribution in [3.63, 3.8) is 0 Å². The van der Waals surface area contributed by atoms with Gasteiger partial charge in [-0.05, 0) is 36.5 Å². The number of halogens is 1. The van der Waals surface area contributed by atoms with Gasteiger partial charge in [0.25, 0.3) is 0 Å². The first-order valence-corrected chi connectivity index (χ1v) is 9.29. The first-order valence-electron chi connectivity index (χ1n) is 8.89. The van der Waals surface area contributed by atoms with Crippen LogP contribution < -0.4 is 10.2 Å². The van der Waals surface area contributed by atoms with Gasteiger partial charge in [0.05, 0.1) is 38.1 Å². The van der Waals surface area contributed by atoms with E-state index in [1.165, 1.54) is 32.0 Å². The highest BCUT2D eigenvalue weighted by Gasteiger charge is 2.17. The number of anilines is 1. The quantitative estimate of drug-likeness (QED) is 0.742. The zero-order chi connectivity index (χ0) is 17.5. The Morgan fingerprint density at radius 3 is 2.72 bits per heavy atom. The average Bonchev–Trinajstić information content (AvgIpc) is 3.29. The third-order valence-corrected chi connectivity index (χ3v) is 4.96. The van der Waals surface area contributed by atoms with E-state index in [2.05, 4.69) is 10.2 Å². The number of nitrogens with zero attached hydrogens (tertiary/aromatic N) is 1. The summed E-state index contributed by atoms with van der Waals surface area (Å²) in [5, 5.41) is 3.56. The van der Waals surface area contributed by atoms with E-state index in [1.807, 2.05) is 12.1 Å². The van der Waals surface area contributed by atoms with E-state index >= 15 is 0 Å². The van der Waals surface area contributed by atoms with Gasteiger partial charge in [0, 0.05) is 25.8 Å². The van der Waals surface area contributed by atoms with Crippen LogP contribution in [0.25, 0.3) is 0 Å². The molecule has 3 rings (SSSR count). The zero-order valence-corrected chi connectivity index (χ0v) is 15.2. The molecule has 0 bridgehead atoms. The molecule has 1 aliphatic heterocycles. The SMILES string of the molecule is Fc1ccccc1NC(=S)N(CCC[NH+]1CCCC1)Cc1ccco1. The van der Waals surface area contributed by atoms with Gasteiger partial charge < -0.3 is 19.5 Å². The Labute approximate surface area is 153 Å². The van der Waals surface area contributed by atoms with Gasteiger partial charge in [-0.3, -0.25) is 0 Å². The van der Waals surface area contributed by atoms with Gasteiger partial charge in [0.2, 0.25) is 0 Å². The number of rotatable bonds is 7. The highest BCUT2D eigenvalue weighted by atomic mass is 32.1. The van der Waals surface area contributed by atoms with E-state index in [4.69, 9.17) is 16.6 Å². The van der Waals surface area contributed by atoms with E-state index < -0.39 is 0 Å². The minimum Gasteiger partial charge on any atom is -0.467 e. The number of hydrogen-bond acceptors (Lipinski definition) is 2. The number of thiocarbonyl (C=S) groups is 1. The number of para-hydroxylation sites is 1. The lowest BCUT2D eigenvalue weighted by molar-refractivity contribution is -0.887. The van der Waals surface area contributed by atoms with Gasteiger partial charge in [-0.25, -0.2) is 4.39 Å². The molecule has 0 spiro atoms. The fraction of sp³-hybridized carbons (Fsp3) is 0.421. The maximum atomic E-state index is 13.9. The second-order valence-corrected chi connectivity index (χ2v) is 6.86. The maximum Gasteiger partial charge on any atom is 0.173 e. The molecule has 0 radical (unpaired) electrons. The highest BCUT2D eigenvalue weighted by Crippen LogP contribution is 2.15. The summed E-state index contributed by atoms with van der Waals surface area (Å²) in [6.07, 6.45) is 5.38. The van der Waals surface area contributed by atoms with Crippen LogP contribution in [0.3, 0.4) is 0 Å². The van der Waals surface area contributed by atoms with Crippen molar-refractivity contribution in [2.45, 2.75) is 25.8 Å². The van der Waals surface area contributed by atoms with E-state index in [-0.39, 0.29) is 5.82 Å². The van der Waals surface area contributed by atoms with Crippen molar-refractivity contribution in [1.82, 2.24) is 4.90 Å². The molecule has 4 nitrogen and oxygen atoms in total. The summed E-state index contributed by atoms with van der Waals surface area (Å²) in [5.74, 6) is 0.551. The van der Waals surface area contributed by atoms with E-state index in [0.29, 0.717) is 17.3 Å². The van der Waals surface area contributed by atoms with Gasteiger partial charge in [-0.1, -0.05) is 12.1 Å². The summed E-state index contributed by atoms with van der Waals surface area (Å²) in [4.78, 5) is 3.72. The molecule has 0 saturated carbocycles. The highest BCUT2D eigenvalue weighted by molar-refractivity contribution is 7.80. The monoisotopic (exact) mass is 362 g/mol. The smallest absolute Gasteiger partial charge is 0.173 e. The molecule has 0 atom stereocenters. The number of nitrogens with one attached hydrogen (secondary N) is 2. The van der Waals surface area contributed by atoms with Crippen molar-refractivity contribution in [1.29, 1.82) is 0 Å². The molecule has 6 heteroatoms. The molecule has 1 aliphatic rings. The van der Waals surface area contributed by atoms with Crippen LogP contribution in [-0.4, -0.2) is 36.2 Å². The molecular weight excluding hydrogens is 337 g/mol. The second kappa shape index (κ2) is 8.97. The van der Waals surface area contributed by atoms with Gasteiger partial charge >= 0.3 is 0 Å². The molecule has 2 N–H and O–H groups in total. The molecule has 2 aromatic rings. The Hall–Kier alpha value is -1.92. The van der Waals surface area contributed by atoms with Crippen LogP contribution in [0, 0.1) is 5.82 Å². The van der Waals surface area contributed by atoms with Crippen LogP contribution in [0.1, 0.15) is 25.0 Å². The lowest BCUT2D eigenvalue weighted by atomic mass is 10.3. The van der Waals surface area contributed by atoms with E-state index in [1.54, 1.807) is 29.4 Å². The largest absolute Gasteiger partial charge is 0.467 e. The molecule has 0 aliphatic carbocycles. The van der Waals surface area contributed by atoms with E-state index in [9.17, 15) is 4.39 Å². The molecule has 1 aromatic heterocycles. The van der Waals surface area contributed by atoms with Gasteiger partial charge in [-0.2, -0.15) is 0 Å². The lowest BCUT2D eigenvalue weighted by Crippen LogP contribution is -3.10. The van der Waals surface area contributed by atoms with Gasteiger partial charge in [-0.15, -0.1) is 0 Å². The third-order valence-electron chi connectivity index (χ3n) is 4.60. The number of furan rings is 1. The van der Waals surface area contributed by atoms with Crippen LogP contribution in [0.5, 0.6) is 0 Å². The normalized spacial score (nSPS) is 14.6. The topological polar surface area (TPSA) is 32.9 Å². The summed E-state index contributed by atoms with van der Waals surface area (Å²) in [6, 6.07) is 10.4. The zero-order valence-electron chi connectivity index (χ0n) is 14.3. The van der Waals surface area contributed by atoms with E-state index in [0.717, 1.165) is 25.3 Å². The number of quaternary nitrogens is 1. The summed E-state index contributed by atoms with van der Waals surface area (Å²) >= 11 is 5.54. The molecule has 1 saturated heterocycles. The molecular formula is C19H25FN3OS+. The van der Waals surface area contributed by atoms with Crippen molar-refractivity contribution >= 4 is 23.0 Å². The molecule has 1 fully saturated rings. The molecule has 25 heavy (non-hydrogen) atoms. The summed E-state index contributed by atoms with van der Waals surface area (Å²) in [7, 11) is 0. The Kier molecular flexibility index (Phi) is 6.42. The molecule has 0 amide bonds. The Morgan fingerprint density at radius 1 is 1.20 bits per heavy atom. The van der Waals surface area contributed by atoms with Gasteiger partial charge in [0.15, 0.2) is 5.11 Å². The maximum absolute atomic E-state index is 13.9. The van der Waals surface area contributed by atoms with Crippen LogP contribution in [-0.2, 0) is 6.54 Å². The molecule has 0 unspecified atom stereocenters. The minimum absolute atomic E-state index is 0.302. The number of hydrogen-bond donors (Lipinski definition) is 2. The van der Waals surface area contributed by atoms with Crippen molar-refractivity contribution < 1.29 is 13.7 Å². The molecule has 2 heterocycles. The lowest BCUT2D eigenvalue weighted by Gasteiger charge is -2.25. The Balaban J connectivity index is 1.60. The Bertz CT molecular complexity index is 671. The van der Waals surface area contributed by atoms with Crippen molar-refractivity contribution in [2.24, 2.45) is 0 Å². The van der Waals surface area contributed by atoms with Crippen LogP contribution in [0.15, 0.2) is 47.1 Å². The number of likely N-dealkylation sites (tertiary alicyclic amines) is 1. The standard InChI is InChI=1S/C19H24FN3OS/c20-17-8-1-2-9-18(17)21-19(25)23(15-16-7-5-14-24-16)13-6-12-22-10-3-4-11-22/h1-2,5,7-9,14H,3-4,6,10-13,15H2,(H,21,25)/p+1. The van der Waals surface area contributed by atoms with Crippen LogP contribution >= 0.6 is 12.2 Å². The summed E-state index contributed by atoms with van der Waals surface area (Å²) < 4.78 is 19.3. The fourth-order valence-electron chi connectivity index (χ4n) is 3.24. The fourth-order valence-corrected chi connectivity index (χ4v) is 3.51. The predicted octanol–water partition coefficient (Wildman–Crippen LogP) is 2.69. The molecule has 134 valence electrons. The van der Waals surface area contributed by atoms with Crippen LogP contribution in [0.4, 0.5) is 10.1 Å². The number of benzene rings is 1. The van der Waals surface area contributed by atoms with Crippen molar-refractivity contribution in [2.75, 3.05) is 31.5 Å². The minimum atomic E-state index is -0.302. The van der Waals surface area contributed by atoms with Crippen molar-refractivity contribution in [3.05, 3.63) is 54.2 Å². The second-order valence-electron chi connectivity index (χ2n) is 6.47. The summed E-state index contributed by atoms with van der Waals surface area (Å²) in [6.45, 7) is 5.11. The van der Waals surface area contributed by atoms with Crippen LogP contribution in [0.2, 0.25) is 0 Å². The average molecular weight is 362 g/mol. The third kappa shape index (κ3) is 5.28. The van der Waals surface area contributed by atoms with Gasteiger partial charge in [0.1, 0.15) is 11.6 Å². The summed E-state index contributed by atoms with van der Waals surface area (Å²) in [5.41, 5.74) is 0.405.